The third-order valence-electron chi connectivity index (χ3n) is 5.03. The second-order valence-corrected chi connectivity index (χ2v) is 7.06. The molecule has 24 heavy (non-hydrogen) atoms. The van der Waals surface area contributed by atoms with Gasteiger partial charge in [-0.3, -0.25) is 0 Å². The molecule has 6 heteroatoms. The molecule has 0 bridgehead atoms. The van der Waals surface area contributed by atoms with E-state index in [1.807, 2.05) is 24.6 Å². The van der Waals surface area contributed by atoms with E-state index in [-0.39, 0.29) is 0 Å². The Morgan fingerprint density at radius 2 is 2.04 bits per heavy atom. The van der Waals surface area contributed by atoms with E-state index in [0.29, 0.717) is 19.1 Å². The number of hydrogen-bond acceptors (Lipinski definition) is 3. The van der Waals surface area contributed by atoms with Crippen molar-refractivity contribution in [2.75, 3.05) is 6.54 Å². The molecule has 1 aromatic rings. The quantitative estimate of drug-likeness (QED) is 0.477. The maximum Gasteiger partial charge on any atom is 0.192 e. The first-order valence-electron chi connectivity index (χ1n) is 9.01. The van der Waals surface area contributed by atoms with Gasteiger partial charge in [0, 0.05) is 19.6 Å². The lowest BCUT2D eigenvalue weighted by atomic mass is 9.80. The molecule has 0 aromatic carbocycles. The normalized spacial score (nSPS) is 21.8. The van der Waals surface area contributed by atoms with Crippen molar-refractivity contribution in [2.24, 2.45) is 23.9 Å². The predicted octanol–water partition coefficient (Wildman–Crippen LogP) is 2.56. The zero-order valence-corrected chi connectivity index (χ0v) is 15.5. The largest absolute Gasteiger partial charge is 0.354 e. The molecule has 0 aliphatic heterocycles. The van der Waals surface area contributed by atoms with Gasteiger partial charge in [-0.1, -0.05) is 19.9 Å². The molecule has 1 heterocycles. The van der Waals surface area contributed by atoms with Gasteiger partial charge in [0.15, 0.2) is 11.8 Å². The van der Waals surface area contributed by atoms with Crippen LogP contribution in [-0.4, -0.2) is 33.3 Å². The molecule has 0 atom stereocenters. The maximum atomic E-state index is 4.68. The summed E-state index contributed by atoms with van der Waals surface area (Å²) in [6.45, 7) is 11.6. The van der Waals surface area contributed by atoms with Gasteiger partial charge in [0.2, 0.25) is 0 Å². The molecule has 0 saturated heterocycles. The van der Waals surface area contributed by atoms with Gasteiger partial charge in [-0.05, 0) is 44.4 Å². The number of rotatable bonds is 6. The van der Waals surface area contributed by atoms with Crippen molar-refractivity contribution in [3.8, 4) is 0 Å². The molecule has 1 aliphatic rings. The Morgan fingerprint density at radius 3 is 2.58 bits per heavy atom. The summed E-state index contributed by atoms with van der Waals surface area (Å²) < 4.78 is 1.97. The lowest BCUT2D eigenvalue weighted by Gasteiger charge is -2.32. The second kappa shape index (κ2) is 8.85. The number of aliphatic imine (C=N–C) groups is 1. The van der Waals surface area contributed by atoms with Crippen LogP contribution in [0.15, 0.2) is 17.6 Å². The van der Waals surface area contributed by atoms with Crippen molar-refractivity contribution in [2.45, 2.75) is 59.0 Å². The maximum absolute atomic E-state index is 4.68. The summed E-state index contributed by atoms with van der Waals surface area (Å²) in [7, 11) is 1.97. The minimum atomic E-state index is 0.497. The van der Waals surface area contributed by atoms with Crippen molar-refractivity contribution >= 4 is 5.96 Å². The zero-order valence-electron chi connectivity index (χ0n) is 15.5. The molecule has 0 unspecified atom stereocenters. The molecular formula is C18H32N6. The lowest BCUT2D eigenvalue weighted by molar-refractivity contribution is 0.250. The standard InChI is InChI=1S/C18H32N6/c1-6-11-19-18(20-12-17-23-22-14(4)24(17)5)21-16-9-7-15(8-10-16)13(2)3/h6,13,15-16H,1,7-12H2,2-5H3,(H2,19,20,21). The van der Waals surface area contributed by atoms with Gasteiger partial charge in [0.25, 0.3) is 0 Å². The van der Waals surface area contributed by atoms with Gasteiger partial charge < -0.3 is 15.2 Å². The van der Waals surface area contributed by atoms with E-state index in [1.165, 1.54) is 25.7 Å². The lowest BCUT2D eigenvalue weighted by Crippen LogP contribution is -2.45. The highest BCUT2D eigenvalue weighted by Gasteiger charge is 2.23. The van der Waals surface area contributed by atoms with E-state index in [1.54, 1.807) is 0 Å². The van der Waals surface area contributed by atoms with Crippen LogP contribution in [0.1, 0.15) is 51.2 Å². The highest BCUT2D eigenvalue weighted by molar-refractivity contribution is 5.80. The van der Waals surface area contributed by atoms with Crippen molar-refractivity contribution < 1.29 is 0 Å². The van der Waals surface area contributed by atoms with Crippen molar-refractivity contribution in [3.63, 3.8) is 0 Å². The topological polar surface area (TPSA) is 67.1 Å². The zero-order chi connectivity index (χ0) is 17.5. The molecule has 2 N–H and O–H groups in total. The van der Waals surface area contributed by atoms with Crippen LogP contribution in [0.5, 0.6) is 0 Å². The minimum Gasteiger partial charge on any atom is -0.354 e. The number of nitrogens with one attached hydrogen (secondary N) is 2. The van der Waals surface area contributed by atoms with Gasteiger partial charge in [-0.25, -0.2) is 4.99 Å². The summed E-state index contributed by atoms with van der Waals surface area (Å²) in [6.07, 6.45) is 6.86. The molecule has 2 rings (SSSR count). The monoisotopic (exact) mass is 332 g/mol. The van der Waals surface area contributed by atoms with Crippen LogP contribution in [0.25, 0.3) is 0 Å². The van der Waals surface area contributed by atoms with E-state index in [4.69, 9.17) is 0 Å². The average molecular weight is 332 g/mol. The van der Waals surface area contributed by atoms with E-state index >= 15 is 0 Å². The molecule has 134 valence electrons. The molecule has 6 nitrogen and oxygen atoms in total. The van der Waals surface area contributed by atoms with Crippen LogP contribution in [0.4, 0.5) is 0 Å². The third-order valence-corrected chi connectivity index (χ3v) is 5.03. The van der Waals surface area contributed by atoms with Crippen molar-refractivity contribution in [1.29, 1.82) is 0 Å². The summed E-state index contributed by atoms with van der Waals surface area (Å²) in [6, 6.07) is 0.497. The Kier molecular flexibility index (Phi) is 6.82. The Labute approximate surface area is 145 Å². The summed E-state index contributed by atoms with van der Waals surface area (Å²) in [5.74, 6) is 4.27. The molecular weight excluding hydrogens is 300 g/mol. The first-order chi connectivity index (χ1) is 11.5. The highest BCUT2D eigenvalue weighted by Crippen LogP contribution is 2.29. The number of nitrogens with zero attached hydrogens (tertiary/aromatic N) is 4. The van der Waals surface area contributed by atoms with Gasteiger partial charge in [0.1, 0.15) is 12.4 Å². The summed E-state index contributed by atoms with van der Waals surface area (Å²) in [5.41, 5.74) is 0. The first-order valence-corrected chi connectivity index (χ1v) is 9.01. The second-order valence-electron chi connectivity index (χ2n) is 7.06. The van der Waals surface area contributed by atoms with E-state index < -0.39 is 0 Å². The molecule has 1 saturated carbocycles. The smallest absolute Gasteiger partial charge is 0.192 e. The van der Waals surface area contributed by atoms with Crippen LogP contribution in [0.2, 0.25) is 0 Å². The fraction of sp³-hybridized carbons (Fsp3) is 0.722. The number of aryl methyl sites for hydroxylation is 1. The van der Waals surface area contributed by atoms with Gasteiger partial charge in [0.05, 0.1) is 0 Å². The molecule has 0 spiro atoms. The molecule has 1 aliphatic carbocycles. The Bertz CT molecular complexity index is 552. The SMILES string of the molecule is C=CCNC(=NCc1nnc(C)n1C)NC1CCC(C(C)C)CC1. The average Bonchev–Trinajstić information content (AvgIpc) is 2.89. The van der Waals surface area contributed by atoms with Crippen LogP contribution < -0.4 is 10.6 Å². The predicted molar refractivity (Wildman–Crippen MR) is 98.8 cm³/mol. The minimum absolute atomic E-state index is 0.497. The summed E-state index contributed by atoms with van der Waals surface area (Å²) in [4.78, 5) is 4.68. The van der Waals surface area contributed by atoms with Gasteiger partial charge in [-0.15, -0.1) is 16.8 Å². The molecule has 0 radical (unpaired) electrons. The van der Waals surface area contributed by atoms with Gasteiger partial charge in [-0.2, -0.15) is 0 Å². The van der Waals surface area contributed by atoms with E-state index in [9.17, 15) is 0 Å². The van der Waals surface area contributed by atoms with Crippen LogP contribution >= 0.6 is 0 Å². The molecule has 0 amide bonds. The van der Waals surface area contributed by atoms with E-state index in [2.05, 4.69) is 46.2 Å². The first kappa shape index (κ1) is 18.5. The molecule has 1 aromatic heterocycles. The third kappa shape index (κ3) is 5.08. The number of hydrogen-bond donors (Lipinski definition) is 2. The van der Waals surface area contributed by atoms with Crippen LogP contribution in [-0.2, 0) is 13.6 Å². The van der Waals surface area contributed by atoms with Crippen LogP contribution in [0.3, 0.4) is 0 Å². The fourth-order valence-corrected chi connectivity index (χ4v) is 3.18. The Morgan fingerprint density at radius 1 is 1.33 bits per heavy atom. The van der Waals surface area contributed by atoms with E-state index in [0.717, 1.165) is 29.4 Å². The van der Waals surface area contributed by atoms with Gasteiger partial charge >= 0.3 is 0 Å². The van der Waals surface area contributed by atoms with Crippen LogP contribution in [0, 0.1) is 18.8 Å². The van der Waals surface area contributed by atoms with Crippen molar-refractivity contribution in [3.05, 3.63) is 24.3 Å². The van der Waals surface area contributed by atoms with Crippen molar-refractivity contribution in [1.82, 2.24) is 25.4 Å². The summed E-state index contributed by atoms with van der Waals surface area (Å²) >= 11 is 0. The number of aromatic nitrogens is 3. The Hall–Kier alpha value is -1.85. The summed E-state index contributed by atoms with van der Waals surface area (Å²) in [5, 5.41) is 15.1. The molecule has 1 fully saturated rings. The number of guanidine groups is 1. The highest BCUT2D eigenvalue weighted by atomic mass is 15.3. The Balaban J connectivity index is 1.94. The fourth-order valence-electron chi connectivity index (χ4n) is 3.18.